The number of carbonyl (C=O) groups excluding carboxylic acids is 2. The maximum atomic E-state index is 11.9. The van der Waals surface area contributed by atoms with Gasteiger partial charge in [0, 0.05) is 11.1 Å². The highest BCUT2D eigenvalue weighted by Crippen LogP contribution is 2.31. The molecule has 5 heteroatoms. The molecule has 0 aliphatic heterocycles. The molecule has 0 spiro atoms. The van der Waals surface area contributed by atoms with Crippen LogP contribution in [0.4, 0.5) is 0 Å². The summed E-state index contributed by atoms with van der Waals surface area (Å²) in [5, 5.41) is 19.4. The Labute approximate surface area is 97.6 Å². The summed E-state index contributed by atoms with van der Waals surface area (Å²) in [6.07, 6.45) is -1.73. The molecule has 1 aliphatic carbocycles. The Bertz CT molecular complexity index is 504. The lowest BCUT2D eigenvalue weighted by molar-refractivity contribution is -0.0306. The molecule has 2 rings (SSSR count). The summed E-state index contributed by atoms with van der Waals surface area (Å²) in [6, 6.07) is 4.32. The average Bonchev–Trinajstić information content (AvgIpc) is 2.33. The van der Waals surface area contributed by atoms with E-state index in [4.69, 9.17) is 4.74 Å². The lowest BCUT2D eigenvalue weighted by atomic mass is 9.77. The van der Waals surface area contributed by atoms with E-state index in [2.05, 4.69) is 0 Å². The Kier molecular flexibility index (Phi) is 2.52. The van der Waals surface area contributed by atoms with Gasteiger partial charge in [-0.05, 0) is 25.1 Å². The number of aliphatic hydroxyl groups excluding tert-OH is 1. The molecule has 0 unspecified atom stereocenters. The van der Waals surface area contributed by atoms with Gasteiger partial charge in [-0.25, -0.2) is 0 Å². The molecule has 0 aromatic heterocycles. The van der Waals surface area contributed by atoms with E-state index in [0.717, 1.165) is 6.92 Å². The second-order valence-corrected chi connectivity index (χ2v) is 4.15. The number of ketones is 2. The molecule has 0 fully saturated rings. The van der Waals surface area contributed by atoms with Gasteiger partial charge in [-0.1, -0.05) is 0 Å². The van der Waals surface area contributed by atoms with Gasteiger partial charge in [0.05, 0.1) is 7.11 Å². The highest BCUT2D eigenvalue weighted by molar-refractivity contribution is 6.19. The molecule has 1 aliphatic rings. The van der Waals surface area contributed by atoms with Crippen molar-refractivity contribution in [3.63, 3.8) is 0 Å². The summed E-state index contributed by atoms with van der Waals surface area (Å²) in [5.74, 6) is -0.928. The first kappa shape index (κ1) is 11.8. The normalized spacial score (nSPS) is 27.9. The number of hydrogen-bond acceptors (Lipinski definition) is 5. The zero-order valence-corrected chi connectivity index (χ0v) is 9.43. The van der Waals surface area contributed by atoms with Gasteiger partial charge in [0.1, 0.15) is 5.75 Å². The number of Topliss-reactive ketones (excluding diaryl/α,β-unsaturated/α-hetero) is 2. The summed E-state index contributed by atoms with van der Waals surface area (Å²) >= 11 is 0. The third-order valence-electron chi connectivity index (χ3n) is 2.98. The van der Waals surface area contributed by atoms with E-state index in [0.29, 0.717) is 5.75 Å². The van der Waals surface area contributed by atoms with Crippen LogP contribution in [0.1, 0.15) is 27.6 Å². The van der Waals surface area contributed by atoms with Crippen molar-refractivity contribution in [1.82, 2.24) is 0 Å². The maximum absolute atomic E-state index is 11.9. The predicted octanol–water partition coefficient (Wildman–Crippen LogP) is 0.186. The standard InChI is InChI=1S/C12H12O5/c1-12(16)10(14)8-5-6(17-2)3-4-7(8)9(13)11(12)15/h3-5,11,15-16H,1-2H3/t11-,12+/m1/s1. The van der Waals surface area contributed by atoms with Crippen molar-refractivity contribution in [3.05, 3.63) is 29.3 Å². The van der Waals surface area contributed by atoms with Gasteiger partial charge in [-0.3, -0.25) is 9.59 Å². The monoisotopic (exact) mass is 236 g/mol. The minimum Gasteiger partial charge on any atom is -0.497 e. The number of ether oxygens (including phenoxy) is 1. The van der Waals surface area contributed by atoms with Crippen molar-refractivity contribution in [3.8, 4) is 5.75 Å². The summed E-state index contributed by atoms with van der Waals surface area (Å²) in [5.41, 5.74) is -1.91. The Morgan fingerprint density at radius 2 is 1.94 bits per heavy atom. The molecule has 17 heavy (non-hydrogen) atoms. The molecular weight excluding hydrogens is 224 g/mol. The van der Waals surface area contributed by atoms with E-state index in [1.807, 2.05) is 0 Å². The molecule has 5 nitrogen and oxygen atoms in total. The molecule has 2 atom stereocenters. The molecular formula is C12H12O5. The fourth-order valence-corrected chi connectivity index (χ4v) is 1.85. The summed E-state index contributed by atoms with van der Waals surface area (Å²) in [4.78, 5) is 23.7. The van der Waals surface area contributed by atoms with Crippen LogP contribution in [0.15, 0.2) is 18.2 Å². The van der Waals surface area contributed by atoms with Crippen LogP contribution in [0.2, 0.25) is 0 Å². The van der Waals surface area contributed by atoms with E-state index in [1.165, 1.54) is 25.3 Å². The van der Waals surface area contributed by atoms with Crippen LogP contribution in [-0.4, -0.2) is 40.6 Å². The SMILES string of the molecule is COc1ccc2c(c1)C(=O)[C@](C)(O)[C@H](O)C2=O. The number of methoxy groups -OCH3 is 1. The Morgan fingerprint density at radius 3 is 2.53 bits per heavy atom. The van der Waals surface area contributed by atoms with Crippen LogP contribution in [0, 0.1) is 0 Å². The number of benzene rings is 1. The number of rotatable bonds is 1. The molecule has 1 aromatic carbocycles. The van der Waals surface area contributed by atoms with E-state index in [-0.39, 0.29) is 11.1 Å². The average molecular weight is 236 g/mol. The lowest BCUT2D eigenvalue weighted by Gasteiger charge is -2.32. The second kappa shape index (κ2) is 3.65. The van der Waals surface area contributed by atoms with Crippen LogP contribution >= 0.6 is 0 Å². The van der Waals surface area contributed by atoms with Gasteiger partial charge in [0.2, 0.25) is 0 Å². The fraction of sp³-hybridized carbons (Fsp3) is 0.333. The van der Waals surface area contributed by atoms with Crippen molar-refractivity contribution in [2.45, 2.75) is 18.6 Å². The summed E-state index contributed by atoms with van der Waals surface area (Å²) in [7, 11) is 1.43. The van der Waals surface area contributed by atoms with Crippen LogP contribution in [0.3, 0.4) is 0 Å². The molecule has 0 saturated carbocycles. The van der Waals surface area contributed by atoms with Gasteiger partial charge < -0.3 is 14.9 Å². The molecule has 0 radical (unpaired) electrons. The Balaban J connectivity index is 2.65. The topological polar surface area (TPSA) is 83.8 Å². The van der Waals surface area contributed by atoms with E-state index in [9.17, 15) is 19.8 Å². The van der Waals surface area contributed by atoms with E-state index >= 15 is 0 Å². The Hall–Kier alpha value is -1.72. The Morgan fingerprint density at radius 1 is 1.29 bits per heavy atom. The summed E-state index contributed by atoms with van der Waals surface area (Å²) in [6.45, 7) is 1.13. The zero-order chi connectivity index (χ0) is 12.8. The second-order valence-electron chi connectivity index (χ2n) is 4.15. The van der Waals surface area contributed by atoms with Crippen LogP contribution < -0.4 is 4.74 Å². The molecule has 0 bridgehead atoms. The molecule has 0 amide bonds. The van der Waals surface area contributed by atoms with Crippen LogP contribution in [0.25, 0.3) is 0 Å². The molecule has 0 heterocycles. The van der Waals surface area contributed by atoms with Crippen molar-refractivity contribution in [2.75, 3.05) is 7.11 Å². The largest absolute Gasteiger partial charge is 0.497 e. The fourth-order valence-electron chi connectivity index (χ4n) is 1.85. The third-order valence-corrected chi connectivity index (χ3v) is 2.98. The lowest BCUT2D eigenvalue weighted by Crippen LogP contribution is -2.54. The van der Waals surface area contributed by atoms with Gasteiger partial charge >= 0.3 is 0 Å². The van der Waals surface area contributed by atoms with Crippen molar-refractivity contribution < 1.29 is 24.5 Å². The first-order chi connectivity index (χ1) is 7.89. The number of carbonyl (C=O) groups is 2. The summed E-state index contributed by atoms with van der Waals surface area (Å²) < 4.78 is 4.95. The van der Waals surface area contributed by atoms with Gasteiger partial charge in [0.15, 0.2) is 23.3 Å². The first-order valence-electron chi connectivity index (χ1n) is 5.07. The van der Waals surface area contributed by atoms with Crippen LogP contribution in [0.5, 0.6) is 5.75 Å². The molecule has 1 aromatic rings. The smallest absolute Gasteiger partial charge is 0.198 e. The predicted molar refractivity (Wildman–Crippen MR) is 58.3 cm³/mol. The minimum atomic E-state index is -2.09. The van der Waals surface area contributed by atoms with Gasteiger partial charge in [-0.15, -0.1) is 0 Å². The van der Waals surface area contributed by atoms with Gasteiger partial charge in [-0.2, -0.15) is 0 Å². The molecule has 2 N–H and O–H groups in total. The third kappa shape index (κ3) is 1.55. The molecule has 0 saturated heterocycles. The number of aliphatic hydroxyl groups is 2. The van der Waals surface area contributed by atoms with E-state index in [1.54, 1.807) is 0 Å². The minimum absolute atomic E-state index is 0.0737. The number of fused-ring (bicyclic) bond motifs is 1. The van der Waals surface area contributed by atoms with Crippen molar-refractivity contribution >= 4 is 11.6 Å². The first-order valence-corrected chi connectivity index (χ1v) is 5.07. The highest BCUT2D eigenvalue weighted by Gasteiger charge is 2.48. The van der Waals surface area contributed by atoms with Crippen LogP contribution in [-0.2, 0) is 0 Å². The van der Waals surface area contributed by atoms with Gasteiger partial charge in [0.25, 0.3) is 0 Å². The van der Waals surface area contributed by atoms with Crippen molar-refractivity contribution in [2.24, 2.45) is 0 Å². The van der Waals surface area contributed by atoms with Crippen molar-refractivity contribution in [1.29, 1.82) is 0 Å². The zero-order valence-electron chi connectivity index (χ0n) is 9.43. The molecule has 90 valence electrons. The maximum Gasteiger partial charge on any atom is 0.198 e. The van der Waals surface area contributed by atoms with E-state index < -0.39 is 23.3 Å². The quantitative estimate of drug-likeness (QED) is 0.727. The number of hydrogen-bond donors (Lipinski definition) is 2. The highest BCUT2D eigenvalue weighted by atomic mass is 16.5.